The van der Waals surface area contributed by atoms with Crippen LogP contribution in [-0.2, 0) is 14.8 Å². The van der Waals surface area contributed by atoms with E-state index in [1.54, 1.807) is 12.1 Å². The predicted octanol–water partition coefficient (Wildman–Crippen LogP) is -0.129. The summed E-state index contributed by atoms with van der Waals surface area (Å²) in [6.45, 7) is 5.88. The van der Waals surface area contributed by atoms with Gasteiger partial charge in [-0.15, -0.1) is 0 Å². The molecule has 2 aliphatic heterocycles. The molecule has 1 aromatic rings. The average molecular weight is 394 g/mol. The molecule has 2 bridgehead atoms. The summed E-state index contributed by atoms with van der Waals surface area (Å²) in [5, 5.41) is 8.81. The lowest BCUT2D eigenvalue weighted by Crippen LogP contribution is -2.60. The molecule has 0 aromatic heterocycles. The molecule has 0 aliphatic carbocycles. The summed E-state index contributed by atoms with van der Waals surface area (Å²) < 4.78 is 36.7. The maximum absolute atomic E-state index is 11.2. The number of hydrogen-bond donors (Lipinski definition) is 1. The summed E-state index contributed by atoms with van der Waals surface area (Å²) in [5.41, 5.74) is 0.625. The van der Waals surface area contributed by atoms with Gasteiger partial charge in [-0.05, 0) is 24.3 Å². The third kappa shape index (κ3) is 6.45. The van der Waals surface area contributed by atoms with Crippen molar-refractivity contribution in [2.24, 2.45) is 0 Å². The third-order valence-electron chi connectivity index (χ3n) is 4.68. The Bertz CT molecular complexity index is 749. The van der Waals surface area contributed by atoms with Crippen molar-refractivity contribution in [2.45, 2.75) is 12.2 Å². The highest BCUT2D eigenvalue weighted by Crippen LogP contribution is 2.19. The van der Waals surface area contributed by atoms with Gasteiger partial charge in [-0.25, -0.2) is 13.1 Å². The molecule has 9 heteroatoms. The molecule has 2 heterocycles. The molecule has 1 aromatic carbocycles. The molecule has 8 nitrogen and oxygen atoms in total. The van der Waals surface area contributed by atoms with Crippen LogP contribution in [0.4, 0.5) is 0 Å². The van der Waals surface area contributed by atoms with E-state index in [4.69, 9.17) is 14.7 Å². The Morgan fingerprint density at radius 1 is 1.15 bits per heavy atom. The Morgan fingerprint density at radius 2 is 1.74 bits per heavy atom. The van der Waals surface area contributed by atoms with Crippen LogP contribution in [0.5, 0.6) is 5.75 Å². The van der Waals surface area contributed by atoms with E-state index in [-0.39, 0.29) is 12.2 Å². The number of benzene rings is 1. The van der Waals surface area contributed by atoms with Gasteiger partial charge in [0.25, 0.3) is 0 Å². The van der Waals surface area contributed by atoms with Crippen molar-refractivity contribution in [1.82, 2.24) is 14.5 Å². The monoisotopic (exact) mass is 394 g/mol. The van der Waals surface area contributed by atoms with Crippen LogP contribution >= 0.6 is 0 Å². The Hall–Kier alpha value is -1.70. The Morgan fingerprint density at radius 3 is 2.30 bits per heavy atom. The van der Waals surface area contributed by atoms with E-state index in [0.717, 1.165) is 38.5 Å². The van der Waals surface area contributed by atoms with Gasteiger partial charge in [-0.3, -0.25) is 9.80 Å². The van der Waals surface area contributed by atoms with Gasteiger partial charge in [0, 0.05) is 45.8 Å². The zero-order chi connectivity index (χ0) is 19.3. The number of nitrogens with one attached hydrogen (secondary N) is 1. The molecule has 0 spiro atoms. The molecule has 1 N–H and O–H groups in total. The molecule has 27 heavy (non-hydrogen) atoms. The first-order chi connectivity index (χ1) is 12.9. The SMILES string of the molecule is CS(=O)(=O)NCCN1CC2CN(CCOc3ccc(C#N)cc3)CC(C1)O2. The van der Waals surface area contributed by atoms with Crippen LogP contribution in [0.15, 0.2) is 24.3 Å². The van der Waals surface area contributed by atoms with Crippen LogP contribution < -0.4 is 9.46 Å². The molecular formula is C18H26N4O4S. The van der Waals surface area contributed by atoms with Gasteiger partial charge in [0.2, 0.25) is 10.0 Å². The van der Waals surface area contributed by atoms with E-state index in [0.29, 0.717) is 25.3 Å². The maximum atomic E-state index is 11.2. The smallest absolute Gasteiger partial charge is 0.208 e. The number of nitrogens with zero attached hydrogens (tertiary/aromatic N) is 3. The number of sulfonamides is 1. The van der Waals surface area contributed by atoms with Crippen molar-refractivity contribution in [3.8, 4) is 11.8 Å². The Kier molecular flexibility index (Phi) is 6.68. The summed E-state index contributed by atoms with van der Waals surface area (Å²) in [5.74, 6) is 0.770. The van der Waals surface area contributed by atoms with Crippen molar-refractivity contribution in [2.75, 3.05) is 58.7 Å². The number of hydrogen-bond acceptors (Lipinski definition) is 7. The highest BCUT2D eigenvalue weighted by Gasteiger charge is 2.34. The molecular weight excluding hydrogens is 368 g/mol. The van der Waals surface area contributed by atoms with Crippen molar-refractivity contribution in [3.63, 3.8) is 0 Å². The van der Waals surface area contributed by atoms with Gasteiger partial charge in [-0.2, -0.15) is 5.26 Å². The largest absolute Gasteiger partial charge is 0.492 e. The fraction of sp³-hybridized carbons (Fsp3) is 0.611. The normalized spacial score (nSPS) is 23.7. The highest BCUT2D eigenvalue weighted by atomic mass is 32.2. The van der Waals surface area contributed by atoms with E-state index in [1.807, 2.05) is 12.1 Å². The lowest BCUT2D eigenvalue weighted by atomic mass is 10.1. The zero-order valence-corrected chi connectivity index (χ0v) is 16.3. The molecule has 3 rings (SSSR count). The van der Waals surface area contributed by atoms with Crippen LogP contribution in [0.1, 0.15) is 5.56 Å². The molecule has 0 amide bonds. The van der Waals surface area contributed by atoms with Gasteiger partial charge in [-0.1, -0.05) is 0 Å². The van der Waals surface area contributed by atoms with Crippen molar-refractivity contribution >= 4 is 10.0 Å². The molecule has 2 saturated heterocycles. The third-order valence-corrected chi connectivity index (χ3v) is 5.41. The van der Waals surface area contributed by atoms with E-state index in [9.17, 15) is 8.42 Å². The summed E-state index contributed by atoms with van der Waals surface area (Å²) in [6.07, 6.45) is 1.47. The van der Waals surface area contributed by atoms with Crippen LogP contribution in [0.25, 0.3) is 0 Å². The number of nitriles is 1. The first-order valence-electron chi connectivity index (χ1n) is 9.09. The minimum Gasteiger partial charge on any atom is -0.492 e. The zero-order valence-electron chi connectivity index (χ0n) is 15.5. The average Bonchev–Trinajstić information content (AvgIpc) is 2.60. The topological polar surface area (TPSA) is 94.9 Å². The fourth-order valence-corrected chi connectivity index (χ4v) is 4.00. The minimum atomic E-state index is -3.14. The maximum Gasteiger partial charge on any atom is 0.208 e. The molecule has 148 valence electrons. The number of rotatable bonds is 8. The van der Waals surface area contributed by atoms with Crippen molar-refractivity contribution < 1.29 is 17.9 Å². The first kappa shape index (κ1) is 20.0. The van der Waals surface area contributed by atoms with Gasteiger partial charge >= 0.3 is 0 Å². The lowest BCUT2D eigenvalue weighted by molar-refractivity contribution is -0.138. The summed E-state index contributed by atoms with van der Waals surface area (Å²) in [4.78, 5) is 4.62. The minimum absolute atomic E-state index is 0.144. The fourth-order valence-electron chi connectivity index (χ4n) is 3.53. The van der Waals surface area contributed by atoms with Crippen LogP contribution in [-0.4, -0.2) is 89.1 Å². The number of fused-ring (bicyclic) bond motifs is 2. The predicted molar refractivity (Wildman–Crippen MR) is 101 cm³/mol. The highest BCUT2D eigenvalue weighted by molar-refractivity contribution is 7.88. The number of morpholine rings is 2. The molecule has 2 atom stereocenters. The first-order valence-corrected chi connectivity index (χ1v) is 11.0. The molecule has 2 aliphatic rings. The van der Waals surface area contributed by atoms with Gasteiger partial charge in [0.1, 0.15) is 12.4 Å². The van der Waals surface area contributed by atoms with Gasteiger partial charge < -0.3 is 9.47 Å². The standard InChI is InChI=1S/C18H26N4O4S/c1-27(23,24)20-6-7-21-11-17-13-22(14-18(12-21)26-17)8-9-25-16-4-2-15(10-19)3-5-16/h2-5,17-18,20H,6-9,11-14H2,1H3. The van der Waals surface area contributed by atoms with E-state index >= 15 is 0 Å². The number of ether oxygens (including phenoxy) is 2. The van der Waals surface area contributed by atoms with E-state index in [1.165, 1.54) is 6.26 Å². The summed E-state index contributed by atoms with van der Waals surface area (Å²) in [6, 6.07) is 9.23. The Labute approximate surface area is 160 Å². The Balaban J connectivity index is 1.38. The summed E-state index contributed by atoms with van der Waals surface area (Å²) >= 11 is 0. The van der Waals surface area contributed by atoms with Gasteiger partial charge in [0.15, 0.2) is 0 Å². The summed E-state index contributed by atoms with van der Waals surface area (Å²) in [7, 11) is -3.14. The molecule has 0 radical (unpaired) electrons. The van der Waals surface area contributed by atoms with Crippen molar-refractivity contribution in [3.05, 3.63) is 29.8 Å². The van der Waals surface area contributed by atoms with Crippen LogP contribution in [0, 0.1) is 11.3 Å². The quantitative estimate of drug-likeness (QED) is 0.656. The molecule has 2 fully saturated rings. The lowest BCUT2D eigenvalue weighted by Gasteiger charge is -2.45. The van der Waals surface area contributed by atoms with Gasteiger partial charge in [0.05, 0.1) is 30.1 Å². The molecule has 2 unspecified atom stereocenters. The molecule has 0 saturated carbocycles. The second kappa shape index (κ2) is 8.99. The second-order valence-electron chi connectivity index (χ2n) is 7.05. The van der Waals surface area contributed by atoms with E-state index < -0.39 is 10.0 Å². The second-order valence-corrected chi connectivity index (χ2v) is 8.88. The van der Waals surface area contributed by atoms with E-state index in [2.05, 4.69) is 20.6 Å². The van der Waals surface area contributed by atoms with Crippen LogP contribution in [0.3, 0.4) is 0 Å². The van der Waals surface area contributed by atoms with Crippen LogP contribution in [0.2, 0.25) is 0 Å². The van der Waals surface area contributed by atoms with Crippen molar-refractivity contribution in [1.29, 1.82) is 5.26 Å².